The van der Waals surface area contributed by atoms with Gasteiger partial charge in [0.1, 0.15) is 4.70 Å². The van der Waals surface area contributed by atoms with Gasteiger partial charge in [-0.1, -0.05) is 48.6 Å². The van der Waals surface area contributed by atoms with Gasteiger partial charge in [-0.3, -0.25) is 0 Å². The third-order valence-electron chi connectivity index (χ3n) is 4.41. The van der Waals surface area contributed by atoms with E-state index in [-0.39, 0.29) is 0 Å². The van der Waals surface area contributed by atoms with Crippen molar-refractivity contribution in [3.63, 3.8) is 0 Å². The number of fused-ring (bicyclic) bond motifs is 5. The van der Waals surface area contributed by atoms with Crippen molar-refractivity contribution >= 4 is 21.6 Å². The van der Waals surface area contributed by atoms with E-state index < -0.39 is 0 Å². The van der Waals surface area contributed by atoms with Gasteiger partial charge in [-0.15, -0.1) is 0 Å². The topological polar surface area (TPSA) is 3.88 Å². The Morgan fingerprint density at radius 2 is 1.75 bits per heavy atom. The van der Waals surface area contributed by atoms with Gasteiger partial charge in [0.2, 0.25) is 5.52 Å². The van der Waals surface area contributed by atoms with Gasteiger partial charge < -0.3 is 0 Å². The molecule has 1 nitrogen and oxygen atoms in total. The molecule has 0 radical (unpaired) electrons. The molecule has 2 aromatic carbocycles. The Morgan fingerprint density at radius 1 is 1.00 bits per heavy atom. The molecule has 0 fully saturated rings. The molecule has 20 heavy (non-hydrogen) atoms. The first-order valence-corrected chi connectivity index (χ1v) is 8.09. The molecule has 2 heteroatoms. The van der Waals surface area contributed by atoms with Gasteiger partial charge in [0.25, 0.3) is 5.01 Å². The van der Waals surface area contributed by atoms with E-state index in [0.29, 0.717) is 12.0 Å². The second kappa shape index (κ2) is 4.42. The number of thiazole rings is 1. The van der Waals surface area contributed by atoms with Crippen molar-refractivity contribution in [2.75, 3.05) is 0 Å². The maximum atomic E-state index is 2.54. The first-order chi connectivity index (χ1) is 9.75. The fraction of sp³-hybridized carbons (Fsp3) is 0.278. The summed E-state index contributed by atoms with van der Waals surface area (Å²) in [4.78, 5) is 0. The molecule has 4 rings (SSSR count). The summed E-state index contributed by atoms with van der Waals surface area (Å²) in [6.07, 6.45) is 1.20. The van der Waals surface area contributed by atoms with Crippen molar-refractivity contribution in [1.82, 2.24) is 0 Å². The van der Waals surface area contributed by atoms with Crippen LogP contribution in [-0.4, -0.2) is 0 Å². The number of para-hydroxylation sites is 1. The highest BCUT2D eigenvalue weighted by atomic mass is 32.1. The molecule has 1 aliphatic rings. The summed E-state index contributed by atoms with van der Waals surface area (Å²) in [5.74, 6) is 0.618. The van der Waals surface area contributed by atoms with Gasteiger partial charge in [0.15, 0.2) is 6.04 Å². The first-order valence-electron chi connectivity index (χ1n) is 7.28. The van der Waals surface area contributed by atoms with E-state index in [1.807, 2.05) is 11.3 Å². The fourth-order valence-corrected chi connectivity index (χ4v) is 4.79. The van der Waals surface area contributed by atoms with E-state index in [0.717, 1.165) is 0 Å². The quantitative estimate of drug-likeness (QED) is 0.514. The van der Waals surface area contributed by atoms with E-state index in [1.54, 1.807) is 0 Å². The normalized spacial score (nSPS) is 21.3. The Hall–Kier alpha value is -1.67. The van der Waals surface area contributed by atoms with Crippen LogP contribution in [0.3, 0.4) is 0 Å². The highest BCUT2D eigenvalue weighted by Gasteiger charge is 2.33. The summed E-state index contributed by atoms with van der Waals surface area (Å²) in [7, 11) is 0. The predicted molar refractivity (Wildman–Crippen MR) is 85.2 cm³/mol. The molecule has 100 valence electrons. The second-order valence-corrected chi connectivity index (χ2v) is 6.85. The van der Waals surface area contributed by atoms with E-state index >= 15 is 0 Å². The average molecular weight is 280 g/mol. The average Bonchev–Trinajstić information content (AvgIpc) is 2.82. The third-order valence-corrected chi connectivity index (χ3v) is 5.58. The minimum Gasteiger partial charge on any atom is -0.179 e. The molecule has 0 spiro atoms. The largest absolute Gasteiger partial charge is 0.270 e. The molecule has 0 saturated carbocycles. The highest BCUT2D eigenvalue weighted by Crippen LogP contribution is 2.40. The molecule has 1 aromatic heterocycles. The molecule has 2 heterocycles. The lowest BCUT2D eigenvalue weighted by atomic mass is 9.92. The standard InChI is InChI=1S/C18H18NS/c1-12-11-13(2)19-16-9-5-6-10-17(16)20-18(19)15-8-4-3-7-14(12)15/h3-10,12-13H,11H2,1-2H3/q+1. The number of aromatic nitrogens is 1. The lowest BCUT2D eigenvalue weighted by Crippen LogP contribution is -2.37. The number of rotatable bonds is 0. The second-order valence-electron chi connectivity index (χ2n) is 5.82. The van der Waals surface area contributed by atoms with Crippen molar-refractivity contribution in [3.05, 3.63) is 54.1 Å². The molecular formula is C18H18NS+. The fourth-order valence-electron chi connectivity index (χ4n) is 3.49. The van der Waals surface area contributed by atoms with Gasteiger partial charge in [-0.05, 0) is 30.5 Å². The van der Waals surface area contributed by atoms with Crippen LogP contribution < -0.4 is 4.57 Å². The van der Waals surface area contributed by atoms with Gasteiger partial charge in [0.05, 0.1) is 5.56 Å². The van der Waals surface area contributed by atoms with E-state index in [4.69, 9.17) is 0 Å². The Kier molecular flexibility index (Phi) is 2.67. The van der Waals surface area contributed by atoms with Crippen LogP contribution in [0.25, 0.3) is 20.8 Å². The van der Waals surface area contributed by atoms with Gasteiger partial charge in [-0.2, -0.15) is 4.57 Å². The van der Waals surface area contributed by atoms with Crippen LogP contribution in [0.2, 0.25) is 0 Å². The van der Waals surface area contributed by atoms with Crippen LogP contribution >= 0.6 is 11.3 Å². The third kappa shape index (κ3) is 1.64. The maximum Gasteiger partial charge on any atom is 0.270 e. The van der Waals surface area contributed by atoms with E-state index in [1.165, 1.54) is 32.8 Å². The summed E-state index contributed by atoms with van der Waals surface area (Å²) in [5.41, 5.74) is 4.30. The first kappa shape index (κ1) is 12.1. The summed E-state index contributed by atoms with van der Waals surface area (Å²) in [5, 5.41) is 1.42. The zero-order valence-electron chi connectivity index (χ0n) is 11.8. The molecule has 0 bridgehead atoms. The Balaban J connectivity index is 2.11. The summed E-state index contributed by atoms with van der Waals surface area (Å²) in [6.45, 7) is 4.71. The minimum absolute atomic E-state index is 0.545. The smallest absolute Gasteiger partial charge is 0.179 e. The molecule has 0 aliphatic carbocycles. The van der Waals surface area contributed by atoms with Crippen molar-refractivity contribution in [3.8, 4) is 10.6 Å². The van der Waals surface area contributed by atoms with Crippen LogP contribution in [0.15, 0.2) is 48.5 Å². The molecule has 0 amide bonds. The van der Waals surface area contributed by atoms with Crippen LogP contribution in [0.1, 0.15) is 37.8 Å². The van der Waals surface area contributed by atoms with E-state index in [9.17, 15) is 0 Å². The highest BCUT2D eigenvalue weighted by molar-refractivity contribution is 7.21. The zero-order chi connectivity index (χ0) is 13.7. The van der Waals surface area contributed by atoms with Crippen LogP contribution in [0.5, 0.6) is 0 Å². The van der Waals surface area contributed by atoms with Crippen molar-refractivity contribution in [2.24, 2.45) is 0 Å². The molecule has 0 saturated heterocycles. The van der Waals surface area contributed by atoms with Crippen LogP contribution in [0, 0.1) is 0 Å². The Bertz CT molecular complexity index is 787. The van der Waals surface area contributed by atoms with Crippen LogP contribution in [0.4, 0.5) is 0 Å². The maximum absolute atomic E-state index is 2.54. The summed E-state index contributed by atoms with van der Waals surface area (Å²) >= 11 is 1.92. The van der Waals surface area contributed by atoms with Gasteiger partial charge in [-0.25, -0.2) is 0 Å². The lowest BCUT2D eigenvalue weighted by Gasteiger charge is -2.11. The summed E-state index contributed by atoms with van der Waals surface area (Å²) < 4.78 is 3.93. The Labute approximate surface area is 123 Å². The Morgan fingerprint density at radius 3 is 2.65 bits per heavy atom. The van der Waals surface area contributed by atoms with Crippen LogP contribution in [-0.2, 0) is 0 Å². The van der Waals surface area contributed by atoms with Crippen molar-refractivity contribution < 1.29 is 4.57 Å². The SMILES string of the molecule is CC1CC(C)[n+]2c(sc3ccccc32)-c2ccccc21. The van der Waals surface area contributed by atoms with Gasteiger partial charge >= 0.3 is 0 Å². The zero-order valence-corrected chi connectivity index (χ0v) is 12.7. The van der Waals surface area contributed by atoms with Gasteiger partial charge in [0, 0.05) is 12.5 Å². The van der Waals surface area contributed by atoms with Crippen molar-refractivity contribution in [1.29, 1.82) is 0 Å². The predicted octanol–water partition coefficient (Wildman–Crippen LogP) is 4.92. The lowest BCUT2D eigenvalue weighted by molar-refractivity contribution is -0.681. The molecule has 2 atom stereocenters. The number of hydrogen-bond acceptors (Lipinski definition) is 1. The number of nitrogens with zero attached hydrogens (tertiary/aromatic N) is 1. The van der Waals surface area contributed by atoms with E-state index in [2.05, 4.69) is 66.9 Å². The van der Waals surface area contributed by atoms with Crippen molar-refractivity contribution in [2.45, 2.75) is 32.2 Å². The molecular weight excluding hydrogens is 262 g/mol. The number of hydrogen-bond donors (Lipinski definition) is 0. The number of benzene rings is 2. The summed E-state index contributed by atoms with van der Waals surface area (Å²) in [6, 6.07) is 18.2. The molecule has 3 aromatic rings. The minimum atomic E-state index is 0.545. The molecule has 0 N–H and O–H groups in total. The molecule has 1 aliphatic heterocycles. The monoisotopic (exact) mass is 280 g/mol. The molecule has 2 unspecified atom stereocenters.